The number of benzene rings is 5. The number of fused-ring (bicyclic) bond motifs is 1. The fourth-order valence-electron chi connectivity index (χ4n) is 11.3. The van der Waals surface area contributed by atoms with Crippen LogP contribution in [0.15, 0.2) is 151 Å². The second-order valence-electron chi connectivity index (χ2n) is 24.4. The number of carbonyl (C=O) groups excluding carboxylic acids is 10. The number of aromatic amines is 1. The molecule has 0 aliphatic carbocycles. The number of para-hydroxylation sites is 1. The molecule has 28 heteroatoms. The molecule has 10 amide bonds. The summed E-state index contributed by atoms with van der Waals surface area (Å²) in [6, 6.07) is 28.4. The van der Waals surface area contributed by atoms with Crippen LogP contribution in [-0.2, 0) is 80.3 Å². The average Bonchev–Trinajstić information content (AvgIpc) is 1.75. The molecule has 99 heavy (non-hydrogen) atoms. The zero-order chi connectivity index (χ0) is 70.5. The van der Waals surface area contributed by atoms with E-state index in [0.717, 1.165) is 5.56 Å². The van der Waals surface area contributed by atoms with E-state index in [0.29, 0.717) is 52.5 Å². The number of guanidine groups is 1. The number of likely N-dealkylation sites (N-methyl/N-ethyl adjacent to an activating group) is 1. The lowest BCUT2D eigenvalue weighted by Gasteiger charge is -2.30. The maximum absolute atomic E-state index is 15.0. The van der Waals surface area contributed by atoms with Crippen LogP contribution in [0.5, 0.6) is 5.75 Å². The highest BCUT2D eigenvalue weighted by molar-refractivity contribution is 5.99. The number of carbonyl (C=O) groups is 10. The molecule has 1 aliphatic heterocycles. The average molecular weight is 1380 g/mol. The number of phenols is 1. The van der Waals surface area contributed by atoms with Crippen molar-refractivity contribution in [3.63, 3.8) is 0 Å². The number of H-pyrrole nitrogens is 1. The summed E-state index contributed by atoms with van der Waals surface area (Å²) in [7, 11) is 0. The highest BCUT2D eigenvalue weighted by Gasteiger charge is 2.40. The molecule has 6 aromatic rings. The van der Waals surface area contributed by atoms with E-state index in [1.807, 2.05) is 44.2 Å². The second kappa shape index (κ2) is 39.6. The number of ether oxygens (including phenoxy) is 1. The van der Waals surface area contributed by atoms with Gasteiger partial charge in [-0.05, 0) is 97.4 Å². The van der Waals surface area contributed by atoms with Crippen molar-refractivity contribution in [3.05, 3.63) is 174 Å². The Balaban J connectivity index is 0.0000155. The van der Waals surface area contributed by atoms with Crippen molar-refractivity contribution < 1.29 is 62.9 Å². The molecule has 1 aromatic heterocycles. The van der Waals surface area contributed by atoms with Crippen LogP contribution in [0, 0.1) is 5.92 Å². The van der Waals surface area contributed by atoms with Crippen LogP contribution >= 0.6 is 12.4 Å². The van der Waals surface area contributed by atoms with E-state index in [4.69, 9.17) is 16.2 Å². The molecule has 27 nitrogen and oxygen atoms in total. The van der Waals surface area contributed by atoms with Crippen molar-refractivity contribution in [2.24, 2.45) is 22.4 Å². The van der Waals surface area contributed by atoms with Crippen LogP contribution in [0.1, 0.15) is 93.5 Å². The molecule has 1 fully saturated rings. The van der Waals surface area contributed by atoms with Gasteiger partial charge in [-0.15, -0.1) is 12.4 Å². The van der Waals surface area contributed by atoms with Gasteiger partial charge in [0.05, 0.1) is 6.61 Å². The number of alkyl carbamates (subject to hydrolysis) is 1. The van der Waals surface area contributed by atoms with Gasteiger partial charge in [0.25, 0.3) is 0 Å². The third-order valence-electron chi connectivity index (χ3n) is 16.4. The number of hydrogen-bond donors (Lipinski definition) is 14. The molecule has 0 spiro atoms. The summed E-state index contributed by atoms with van der Waals surface area (Å²) in [4.78, 5) is 151. The minimum Gasteiger partial charge on any atom is -0.508 e. The Hall–Kier alpha value is -10.5. The van der Waals surface area contributed by atoms with Crippen LogP contribution in [0.2, 0.25) is 0 Å². The number of amides is 10. The standard InChI is InChI=1S/C71H90N14O13.ClH/c1-4-74-68(95)60-27-17-35-85(60)69(96)54(26-16-34-75-70(72)73)78-63(90)55(36-44(2)3)79-64(91)56(37-45-18-8-5-9-19-45)80-65(92)57(38-46-28-30-50(87)31-29-46)81-67(94)59(42-86)83-66(93)58(39-49-41-76-52-25-15-14-24-51(49)52)82-62(89)53(84-71(97)98-43-48-22-12-7-13-23-48)32-33-61(88)77-40-47-20-10-6-11-21-47;/h5-15,18-25,28-31,41,44,53-60,76,86-87H,4,16-17,26-27,32-40,42-43H2,1-3H3,(H,74,95)(H,77,88)(H,78,90)(H,79,91)(H,80,92)(H,81,94)(H,82,89)(H,83,93)(H,84,97)(H4,72,73,75);1H/t53-,54-,55-,56+,57-,58-,59-,60-;/m0./s1. The largest absolute Gasteiger partial charge is 0.508 e. The third kappa shape index (κ3) is 24.8. The van der Waals surface area contributed by atoms with E-state index in [2.05, 4.69) is 57.8 Å². The summed E-state index contributed by atoms with van der Waals surface area (Å²) >= 11 is 0. The minimum atomic E-state index is -1.80. The molecule has 1 aliphatic rings. The van der Waals surface area contributed by atoms with Gasteiger partial charge in [0.1, 0.15) is 60.7 Å². The highest BCUT2D eigenvalue weighted by Crippen LogP contribution is 2.23. The topological polar surface area (TPSA) is 412 Å². The fourth-order valence-corrected chi connectivity index (χ4v) is 11.3. The molecule has 16 N–H and O–H groups in total. The zero-order valence-electron chi connectivity index (χ0n) is 55.7. The van der Waals surface area contributed by atoms with E-state index in [-0.39, 0.29) is 114 Å². The van der Waals surface area contributed by atoms with Gasteiger partial charge in [-0.2, -0.15) is 0 Å². The smallest absolute Gasteiger partial charge is 0.408 e. The number of rotatable bonds is 36. The van der Waals surface area contributed by atoms with Crippen LogP contribution in [0.4, 0.5) is 4.79 Å². The number of nitrogens with two attached hydrogens (primary N) is 2. The third-order valence-corrected chi connectivity index (χ3v) is 16.4. The fraction of sp³-hybridized carbons (Fsp3) is 0.394. The zero-order valence-corrected chi connectivity index (χ0v) is 56.5. The lowest BCUT2D eigenvalue weighted by Crippen LogP contribution is -2.61. The summed E-state index contributed by atoms with van der Waals surface area (Å²) in [6.45, 7) is 5.15. The van der Waals surface area contributed by atoms with Crippen molar-refractivity contribution in [1.82, 2.24) is 57.7 Å². The monoisotopic (exact) mass is 1380 g/mol. The van der Waals surface area contributed by atoms with Gasteiger partial charge in [-0.25, -0.2) is 4.79 Å². The lowest BCUT2D eigenvalue weighted by molar-refractivity contribution is -0.142. The first-order valence-electron chi connectivity index (χ1n) is 32.9. The van der Waals surface area contributed by atoms with Crippen LogP contribution < -0.4 is 59.3 Å². The Morgan fingerprint density at radius 1 is 0.596 bits per heavy atom. The first kappa shape index (κ1) is 77.5. The number of phenolic OH excluding ortho intramolecular Hbond substituents is 1. The number of aromatic hydroxyl groups is 1. The number of nitrogens with zero attached hydrogens (tertiary/aromatic N) is 2. The molecule has 5 aromatic carbocycles. The Morgan fingerprint density at radius 2 is 1.11 bits per heavy atom. The highest BCUT2D eigenvalue weighted by atomic mass is 35.5. The van der Waals surface area contributed by atoms with Crippen LogP contribution in [0.25, 0.3) is 10.9 Å². The van der Waals surface area contributed by atoms with Crippen molar-refractivity contribution in [1.29, 1.82) is 0 Å². The predicted octanol–water partition coefficient (Wildman–Crippen LogP) is 2.84. The summed E-state index contributed by atoms with van der Waals surface area (Å²) in [5, 5.41) is 46.3. The predicted molar refractivity (Wildman–Crippen MR) is 374 cm³/mol. The minimum absolute atomic E-state index is 0. The van der Waals surface area contributed by atoms with Gasteiger partial charge in [0.15, 0.2) is 5.96 Å². The number of halogens is 1. The number of aliphatic hydroxyl groups excluding tert-OH is 1. The number of aliphatic imine (C=N–C) groups is 1. The van der Waals surface area contributed by atoms with Crippen molar-refractivity contribution >= 4 is 88.5 Å². The van der Waals surface area contributed by atoms with Crippen molar-refractivity contribution in [2.75, 3.05) is 26.2 Å². The summed E-state index contributed by atoms with van der Waals surface area (Å²) in [5.41, 5.74) is 14.9. The van der Waals surface area contributed by atoms with Gasteiger partial charge in [0.2, 0.25) is 53.2 Å². The molecule has 530 valence electrons. The Labute approximate surface area is 581 Å². The van der Waals surface area contributed by atoms with Gasteiger partial charge in [-0.1, -0.05) is 135 Å². The normalized spacial score (nSPS) is 14.6. The Morgan fingerprint density at radius 3 is 1.71 bits per heavy atom. The SMILES string of the molecule is CCNC(=O)[C@@H]1CCCN1C(=O)[C@H](CCCN=C(N)N)NC(=O)[C@H](CC(C)C)NC(=O)[C@@H](Cc1ccccc1)NC(=O)[C@H](Cc1ccc(O)cc1)NC(=O)[C@H](CO)NC(=O)[C@H](Cc1c[nH]c2ccccc12)NC(=O)[C@H](CCC(=O)NCc1ccccc1)NC(=O)OCc1ccccc1.Cl. The first-order chi connectivity index (χ1) is 47.2. The maximum Gasteiger partial charge on any atom is 0.408 e. The van der Waals surface area contributed by atoms with E-state index in [9.17, 15) is 58.2 Å². The molecule has 0 saturated carbocycles. The molecular weight excluding hydrogens is 1290 g/mol. The molecule has 0 radical (unpaired) electrons. The first-order valence-corrected chi connectivity index (χ1v) is 32.9. The number of aliphatic hydroxyl groups is 1. The van der Waals surface area contributed by atoms with Crippen molar-refractivity contribution in [2.45, 2.75) is 146 Å². The van der Waals surface area contributed by atoms with E-state index >= 15 is 0 Å². The van der Waals surface area contributed by atoms with Gasteiger partial charge in [-0.3, -0.25) is 48.1 Å². The maximum atomic E-state index is 15.0. The van der Waals surface area contributed by atoms with Crippen LogP contribution in [0.3, 0.4) is 0 Å². The number of aromatic nitrogens is 1. The molecule has 0 unspecified atom stereocenters. The molecular formula is C71H91ClN14O13. The van der Waals surface area contributed by atoms with Gasteiger partial charge < -0.3 is 84.2 Å². The quantitative estimate of drug-likeness (QED) is 0.0153. The van der Waals surface area contributed by atoms with E-state index in [1.54, 1.807) is 98.0 Å². The molecule has 2 heterocycles. The number of hydrogen-bond acceptors (Lipinski definition) is 14. The number of nitrogens with one attached hydrogen (secondary N) is 10. The summed E-state index contributed by atoms with van der Waals surface area (Å²) < 4.78 is 5.46. The summed E-state index contributed by atoms with van der Waals surface area (Å²) in [6.07, 6.45) is 0.877. The van der Waals surface area contributed by atoms with E-state index < -0.39 is 108 Å². The Bertz CT molecular complexity index is 3670. The Kier molecular flexibility index (Phi) is 31.0. The molecule has 1 saturated heterocycles. The lowest BCUT2D eigenvalue weighted by atomic mass is 9.99. The van der Waals surface area contributed by atoms with Gasteiger partial charge >= 0.3 is 6.09 Å². The summed E-state index contributed by atoms with van der Waals surface area (Å²) in [5.74, 6) is -7.19. The molecule has 8 atom stereocenters. The van der Waals surface area contributed by atoms with E-state index in [1.165, 1.54) is 29.2 Å². The van der Waals surface area contributed by atoms with Crippen LogP contribution in [-0.4, -0.2) is 160 Å². The molecule has 0 bridgehead atoms. The second-order valence-corrected chi connectivity index (χ2v) is 24.4. The van der Waals surface area contributed by atoms with Gasteiger partial charge in [0, 0.05) is 69.0 Å². The van der Waals surface area contributed by atoms with Crippen molar-refractivity contribution in [3.8, 4) is 5.75 Å². The molecule has 7 rings (SSSR count). The number of likely N-dealkylation sites (tertiary alicyclic amines) is 1.